The number of hydrogen-bond donors (Lipinski definition) is 1. The van der Waals surface area contributed by atoms with E-state index >= 15 is 0 Å². The van der Waals surface area contributed by atoms with Gasteiger partial charge in [-0.15, -0.1) is 0 Å². The molecule has 1 amide bonds. The minimum atomic E-state index is -0.664. The van der Waals surface area contributed by atoms with Gasteiger partial charge in [-0.3, -0.25) is 4.79 Å². The molecule has 1 N–H and O–H groups in total. The number of aliphatic hydroxyl groups is 1. The highest BCUT2D eigenvalue weighted by atomic mass is 16.3. The number of aromatic nitrogens is 1. The molecule has 5 heteroatoms. The molecule has 0 bridgehead atoms. The van der Waals surface area contributed by atoms with Crippen LogP contribution >= 0.6 is 0 Å². The number of pyridine rings is 1. The second-order valence-corrected chi connectivity index (χ2v) is 5.85. The van der Waals surface area contributed by atoms with Crippen LogP contribution in [0.25, 0.3) is 0 Å². The number of carbonyl (C=O) groups excluding carboxylic acids is 1. The number of hydrogen-bond acceptors (Lipinski definition) is 4. The molecular formula is C18H21N3O2. The molecule has 5 nitrogen and oxygen atoms in total. The molecule has 23 heavy (non-hydrogen) atoms. The Morgan fingerprint density at radius 3 is 2.43 bits per heavy atom. The quantitative estimate of drug-likeness (QED) is 0.874. The number of amides is 1. The molecule has 1 fully saturated rings. The molecule has 120 valence electrons. The Labute approximate surface area is 136 Å². The van der Waals surface area contributed by atoms with Gasteiger partial charge in [0.1, 0.15) is 11.9 Å². The van der Waals surface area contributed by atoms with Gasteiger partial charge in [0.15, 0.2) is 0 Å². The zero-order chi connectivity index (χ0) is 16.2. The molecule has 2 aromatic rings. The molecule has 0 spiro atoms. The number of benzene rings is 1. The molecule has 0 aliphatic carbocycles. The van der Waals surface area contributed by atoms with Crippen LogP contribution in [-0.2, 0) is 4.79 Å². The highest BCUT2D eigenvalue weighted by Gasteiger charge is 2.19. The summed E-state index contributed by atoms with van der Waals surface area (Å²) in [5.74, 6) is 0.930. The fourth-order valence-electron chi connectivity index (χ4n) is 2.94. The van der Waals surface area contributed by atoms with Crippen molar-refractivity contribution < 1.29 is 9.90 Å². The molecule has 3 rings (SSSR count). The smallest absolute Gasteiger partial charge is 0.209 e. The minimum absolute atomic E-state index is 0.664. The summed E-state index contributed by atoms with van der Waals surface area (Å²) < 4.78 is 0. The average Bonchev–Trinajstić information content (AvgIpc) is 2.62. The van der Waals surface area contributed by atoms with Gasteiger partial charge in [-0.1, -0.05) is 30.3 Å². The summed E-state index contributed by atoms with van der Waals surface area (Å²) in [6, 6.07) is 11.6. The Morgan fingerprint density at radius 1 is 1.13 bits per heavy atom. The lowest BCUT2D eigenvalue weighted by atomic mass is 10.0. The third kappa shape index (κ3) is 3.35. The molecular weight excluding hydrogens is 290 g/mol. The van der Waals surface area contributed by atoms with E-state index in [1.165, 1.54) is 0 Å². The first-order chi connectivity index (χ1) is 11.2. The molecule has 1 atom stereocenters. The van der Waals surface area contributed by atoms with Gasteiger partial charge in [-0.2, -0.15) is 0 Å². The second-order valence-electron chi connectivity index (χ2n) is 5.85. The minimum Gasteiger partial charge on any atom is -0.384 e. The molecule has 1 aliphatic heterocycles. The summed E-state index contributed by atoms with van der Waals surface area (Å²) in [6.07, 6.45) is 1.98. The van der Waals surface area contributed by atoms with Gasteiger partial charge in [0.2, 0.25) is 6.41 Å². The lowest BCUT2D eigenvalue weighted by molar-refractivity contribution is -0.118. The van der Waals surface area contributed by atoms with Crippen LogP contribution in [0.3, 0.4) is 0 Å². The van der Waals surface area contributed by atoms with Crippen LogP contribution in [0.5, 0.6) is 0 Å². The predicted octanol–water partition coefficient (Wildman–Crippen LogP) is 1.75. The molecule has 0 radical (unpaired) electrons. The van der Waals surface area contributed by atoms with Crippen molar-refractivity contribution in [1.82, 2.24) is 9.88 Å². The van der Waals surface area contributed by atoms with Gasteiger partial charge in [-0.25, -0.2) is 4.98 Å². The standard InChI is InChI=1S/C18H21N3O2/c1-14-11-16(17(23)15-5-3-2-4-6-15)12-19-18(14)21-9-7-20(13-22)8-10-21/h2-6,11-13,17,23H,7-10H2,1H3/t17-/m0/s1. The number of aryl methyl sites for hydroxylation is 1. The van der Waals surface area contributed by atoms with Crippen molar-refractivity contribution >= 4 is 12.2 Å². The predicted molar refractivity (Wildman–Crippen MR) is 89.3 cm³/mol. The monoisotopic (exact) mass is 311 g/mol. The molecule has 1 saturated heterocycles. The highest BCUT2D eigenvalue weighted by molar-refractivity contribution is 5.51. The SMILES string of the molecule is Cc1cc([C@@H](O)c2ccccc2)cnc1N1CCN(C=O)CC1. The summed E-state index contributed by atoms with van der Waals surface area (Å²) >= 11 is 0. The van der Waals surface area contributed by atoms with E-state index in [-0.39, 0.29) is 0 Å². The summed E-state index contributed by atoms with van der Waals surface area (Å²) in [7, 11) is 0. The van der Waals surface area contributed by atoms with Crippen molar-refractivity contribution in [2.75, 3.05) is 31.1 Å². The Kier molecular flexibility index (Phi) is 4.57. The van der Waals surface area contributed by atoms with E-state index in [9.17, 15) is 9.90 Å². The third-order valence-corrected chi connectivity index (χ3v) is 4.27. The van der Waals surface area contributed by atoms with Crippen LogP contribution in [0.4, 0.5) is 5.82 Å². The van der Waals surface area contributed by atoms with Gasteiger partial charge in [0.25, 0.3) is 0 Å². The van der Waals surface area contributed by atoms with Crippen LogP contribution in [0.15, 0.2) is 42.6 Å². The normalized spacial score (nSPS) is 16.3. The van der Waals surface area contributed by atoms with Crippen LogP contribution in [0.1, 0.15) is 22.8 Å². The van der Waals surface area contributed by atoms with Crippen molar-refractivity contribution in [3.8, 4) is 0 Å². The Morgan fingerprint density at radius 2 is 1.83 bits per heavy atom. The topological polar surface area (TPSA) is 56.7 Å². The lowest BCUT2D eigenvalue weighted by Crippen LogP contribution is -2.46. The van der Waals surface area contributed by atoms with Crippen molar-refractivity contribution in [3.05, 3.63) is 59.3 Å². The van der Waals surface area contributed by atoms with E-state index < -0.39 is 6.10 Å². The molecule has 1 aromatic heterocycles. The maximum atomic E-state index is 10.8. The Balaban J connectivity index is 1.77. The van der Waals surface area contributed by atoms with Gasteiger partial charge in [-0.05, 0) is 24.1 Å². The number of rotatable bonds is 4. The van der Waals surface area contributed by atoms with Gasteiger partial charge < -0.3 is 14.9 Å². The van der Waals surface area contributed by atoms with E-state index in [1.54, 1.807) is 11.1 Å². The molecule has 1 aliphatic rings. The van der Waals surface area contributed by atoms with E-state index in [2.05, 4.69) is 9.88 Å². The molecule has 0 unspecified atom stereocenters. The first-order valence-corrected chi connectivity index (χ1v) is 7.83. The van der Waals surface area contributed by atoms with Crippen molar-refractivity contribution in [2.24, 2.45) is 0 Å². The third-order valence-electron chi connectivity index (χ3n) is 4.27. The second kappa shape index (κ2) is 6.79. The fourth-order valence-corrected chi connectivity index (χ4v) is 2.94. The largest absolute Gasteiger partial charge is 0.384 e. The van der Waals surface area contributed by atoms with E-state index in [0.717, 1.165) is 55.1 Å². The first-order valence-electron chi connectivity index (χ1n) is 7.83. The summed E-state index contributed by atoms with van der Waals surface area (Å²) in [5, 5.41) is 10.5. The molecule has 0 saturated carbocycles. The maximum Gasteiger partial charge on any atom is 0.209 e. The van der Waals surface area contributed by atoms with E-state index in [0.29, 0.717) is 0 Å². The lowest BCUT2D eigenvalue weighted by Gasteiger charge is -2.34. The number of aliphatic hydroxyl groups excluding tert-OH is 1. The molecule has 1 aromatic carbocycles. The zero-order valence-corrected chi connectivity index (χ0v) is 13.2. The van der Waals surface area contributed by atoms with Crippen LogP contribution < -0.4 is 4.90 Å². The fraction of sp³-hybridized carbons (Fsp3) is 0.333. The zero-order valence-electron chi connectivity index (χ0n) is 13.2. The van der Waals surface area contributed by atoms with Crippen molar-refractivity contribution in [3.63, 3.8) is 0 Å². The average molecular weight is 311 g/mol. The maximum absolute atomic E-state index is 10.8. The van der Waals surface area contributed by atoms with Crippen LogP contribution in [0.2, 0.25) is 0 Å². The van der Waals surface area contributed by atoms with E-state index in [4.69, 9.17) is 0 Å². The number of carbonyl (C=O) groups is 1. The van der Waals surface area contributed by atoms with Gasteiger partial charge in [0.05, 0.1) is 0 Å². The highest BCUT2D eigenvalue weighted by Crippen LogP contribution is 2.26. The van der Waals surface area contributed by atoms with Crippen molar-refractivity contribution in [2.45, 2.75) is 13.0 Å². The van der Waals surface area contributed by atoms with Crippen LogP contribution in [0, 0.1) is 6.92 Å². The van der Waals surface area contributed by atoms with Gasteiger partial charge >= 0.3 is 0 Å². The Bertz CT molecular complexity index is 667. The number of piperazine rings is 1. The number of nitrogens with zero attached hydrogens (tertiary/aromatic N) is 3. The van der Waals surface area contributed by atoms with Gasteiger partial charge in [0, 0.05) is 37.9 Å². The molecule has 2 heterocycles. The Hall–Kier alpha value is -2.40. The number of anilines is 1. The summed E-state index contributed by atoms with van der Waals surface area (Å²) in [5.41, 5.74) is 2.70. The summed E-state index contributed by atoms with van der Waals surface area (Å²) in [6.45, 7) is 5.02. The van der Waals surface area contributed by atoms with Crippen LogP contribution in [-0.4, -0.2) is 47.6 Å². The summed E-state index contributed by atoms with van der Waals surface area (Å²) in [4.78, 5) is 19.3. The van der Waals surface area contributed by atoms with E-state index in [1.807, 2.05) is 43.3 Å². The van der Waals surface area contributed by atoms with Crippen molar-refractivity contribution in [1.29, 1.82) is 0 Å². The first kappa shape index (κ1) is 15.5.